The van der Waals surface area contributed by atoms with Gasteiger partial charge in [0.1, 0.15) is 0 Å². The van der Waals surface area contributed by atoms with Crippen molar-refractivity contribution in [1.29, 1.82) is 0 Å². The topological polar surface area (TPSA) is 49.3 Å². The van der Waals surface area contributed by atoms with Gasteiger partial charge in [0.15, 0.2) is 0 Å². The predicted molar refractivity (Wildman–Crippen MR) is 90.5 cm³/mol. The smallest absolute Gasteiger partial charge is 0.236 e. The molecule has 2 aromatic heterocycles. The standard InChI is InChI=1S/C18H24N4O/c1-3-22(4-2)18(23)15-21(13-16-9-5-7-11-19-16)14-17-10-6-8-12-20-17/h5-12H,3-4,13-15H2,1-2H3. The maximum atomic E-state index is 12.4. The van der Waals surface area contributed by atoms with E-state index in [1.54, 1.807) is 12.4 Å². The van der Waals surface area contributed by atoms with Crippen molar-refractivity contribution in [3.8, 4) is 0 Å². The Morgan fingerprint density at radius 3 is 1.83 bits per heavy atom. The second-order valence-electron chi connectivity index (χ2n) is 5.35. The molecule has 1 amide bonds. The Hall–Kier alpha value is -2.27. The zero-order valence-corrected chi connectivity index (χ0v) is 13.9. The normalized spacial score (nSPS) is 10.7. The Labute approximate surface area is 138 Å². The van der Waals surface area contributed by atoms with Crippen molar-refractivity contribution >= 4 is 5.91 Å². The molecule has 0 aliphatic rings. The van der Waals surface area contributed by atoms with E-state index in [4.69, 9.17) is 0 Å². The summed E-state index contributed by atoms with van der Waals surface area (Å²) in [7, 11) is 0. The highest BCUT2D eigenvalue weighted by Crippen LogP contribution is 2.07. The molecule has 2 heterocycles. The molecule has 0 saturated carbocycles. The zero-order chi connectivity index (χ0) is 16.5. The molecule has 5 nitrogen and oxygen atoms in total. The van der Waals surface area contributed by atoms with Gasteiger partial charge in [-0.15, -0.1) is 0 Å². The van der Waals surface area contributed by atoms with E-state index in [1.807, 2.05) is 55.1 Å². The van der Waals surface area contributed by atoms with Gasteiger partial charge in [0.2, 0.25) is 5.91 Å². The molecular formula is C18H24N4O. The lowest BCUT2D eigenvalue weighted by Gasteiger charge is -2.25. The van der Waals surface area contributed by atoms with Gasteiger partial charge in [0, 0.05) is 38.6 Å². The summed E-state index contributed by atoms with van der Waals surface area (Å²) in [6.45, 7) is 7.10. The minimum absolute atomic E-state index is 0.141. The predicted octanol–water partition coefficient (Wildman–Crippen LogP) is 2.35. The van der Waals surface area contributed by atoms with E-state index in [0.717, 1.165) is 24.5 Å². The van der Waals surface area contributed by atoms with Crippen LogP contribution in [-0.4, -0.2) is 45.3 Å². The summed E-state index contributed by atoms with van der Waals surface area (Å²) in [4.78, 5) is 25.1. The fourth-order valence-electron chi connectivity index (χ4n) is 2.48. The lowest BCUT2D eigenvalue weighted by atomic mass is 10.2. The fourth-order valence-corrected chi connectivity index (χ4v) is 2.48. The van der Waals surface area contributed by atoms with Crippen LogP contribution >= 0.6 is 0 Å². The van der Waals surface area contributed by atoms with Crippen molar-refractivity contribution in [2.75, 3.05) is 19.6 Å². The minimum Gasteiger partial charge on any atom is -0.342 e. The molecule has 5 heteroatoms. The summed E-state index contributed by atoms with van der Waals surface area (Å²) in [5.41, 5.74) is 1.91. The SMILES string of the molecule is CCN(CC)C(=O)CN(Cc1ccccn1)Cc1ccccn1. The molecule has 2 rings (SSSR count). The van der Waals surface area contributed by atoms with E-state index in [0.29, 0.717) is 19.6 Å². The summed E-state index contributed by atoms with van der Waals surface area (Å²) in [6.07, 6.45) is 3.56. The Bertz CT molecular complexity index is 543. The third-order valence-corrected chi connectivity index (χ3v) is 3.70. The fraction of sp³-hybridized carbons (Fsp3) is 0.389. The third-order valence-electron chi connectivity index (χ3n) is 3.70. The average Bonchev–Trinajstić information content (AvgIpc) is 2.57. The lowest BCUT2D eigenvalue weighted by molar-refractivity contribution is -0.132. The lowest BCUT2D eigenvalue weighted by Crippen LogP contribution is -2.40. The van der Waals surface area contributed by atoms with E-state index in [2.05, 4.69) is 14.9 Å². The highest BCUT2D eigenvalue weighted by Gasteiger charge is 2.16. The van der Waals surface area contributed by atoms with Crippen LogP contribution in [0.15, 0.2) is 48.8 Å². The molecule has 0 aromatic carbocycles. The molecule has 0 fully saturated rings. The monoisotopic (exact) mass is 312 g/mol. The molecule has 23 heavy (non-hydrogen) atoms. The molecule has 2 aromatic rings. The van der Waals surface area contributed by atoms with Gasteiger partial charge < -0.3 is 4.90 Å². The maximum absolute atomic E-state index is 12.4. The first-order chi connectivity index (χ1) is 11.2. The molecule has 0 radical (unpaired) electrons. The Morgan fingerprint density at radius 2 is 1.43 bits per heavy atom. The quantitative estimate of drug-likeness (QED) is 0.751. The number of likely N-dealkylation sites (N-methyl/N-ethyl adjacent to an activating group) is 1. The molecule has 122 valence electrons. The molecule has 0 unspecified atom stereocenters. The molecule has 0 atom stereocenters. The van der Waals surface area contributed by atoms with Crippen LogP contribution in [0.4, 0.5) is 0 Å². The maximum Gasteiger partial charge on any atom is 0.236 e. The number of nitrogens with zero attached hydrogens (tertiary/aromatic N) is 4. The van der Waals surface area contributed by atoms with Gasteiger partial charge >= 0.3 is 0 Å². The van der Waals surface area contributed by atoms with Gasteiger partial charge in [-0.05, 0) is 38.1 Å². The Kier molecular flexibility index (Phi) is 6.69. The zero-order valence-electron chi connectivity index (χ0n) is 13.9. The van der Waals surface area contributed by atoms with Gasteiger partial charge in [0.25, 0.3) is 0 Å². The number of rotatable bonds is 8. The number of hydrogen-bond acceptors (Lipinski definition) is 4. The average molecular weight is 312 g/mol. The number of pyridine rings is 2. The molecule has 0 aliphatic heterocycles. The summed E-state index contributed by atoms with van der Waals surface area (Å²) in [5.74, 6) is 0.141. The third kappa shape index (κ3) is 5.45. The van der Waals surface area contributed by atoms with Crippen molar-refractivity contribution < 1.29 is 4.79 Å². The number of carbonyl (C=O) groups is 1. The highest BCUT2D eigenvalue weighted by atomic mass is 16.2. The first-order valence-electron chi connectivity index (χ1n) is 8.02. The van der Waals surface area contributed by atoms with Crippen LogP contribution in [0, 0.1) is 0 Å². The number of aromatic nitrogens is 2. The van der Waals surface area contributed by atoms with E-state index < -0.39 is 0 Å². The van der Waals surface area contributed by atoms with Gasteiger partial charge in [-0.3, -0.25) is 19.7 Å². The van der Waals surface area contributed by atoms with Gasteiger partial charge in [0.05, 0.1) is 17.9 Å². The molecule has 0 aliphatic carbocycles. The minimum atomic E-state index is 0.141. The van der Waals surface area contributed by atoms with Crippen LogP contribution in [0.2, 0.25) is 0 Å². The van der Waals surface area contributed by atoms with Crippen LogP contribution in [-0.2, 0) is 17.9 Å². The van der Waals surface area contributed by atoms with E-state index in [1.165, 1.54) is 0 Å². The van der Waals surface area contributed by atoms with Gasteiger partial charge in [-0.2, -0.15) is 0 Å². The summed E-state index contributed by atoms with van der Waals surface area (Å²) in [6, 6.07) is 11.7. The molecule has 0 saturated heterocycles. The van der Waals surface area contributed by atoms with Gasteiger partial charge in [-0.1, -0.05) is 12.1 Å². The van der Waals surface area contributed by atoms with Crippen LogP contribution < -0.4 is 0 Å². The largest absolute Gasteiger partial charge is 0.342 e. The van der Waals surface area contributed by atoms with Crippen molar-refractivity contribution in [3.05, 3.63) is 60.2 Å². The van der Waals surface area contributed by atoms with Crippen molar-refractivity contribution in [1.82, 2.24) is 19.8 Å². The second kappa shape index (κ2) is 9.00. The summed E-state index contributed by atoms with van der Waals surface area (Å²) >= 11 is 0. The van der Waals surface area contributed by atoms with E-state index >= 15 is 0 Å². The van der Waals surface area contributed by atoms with E-state index in [-0.39, 0.29) is 5.91 Å². The van der Waals surface area contributed by atoms with Crippen LogP contribution in [0.5, 0.6) is 0 Å². The first-order valence-corrected chi connectivity index (χ1v) is 8.02. The Balaban J connectivity index is 2.09. The van der Waals surface area contributed by atoms with E-state index in [9.17, 15) is 4.79 Å². The highest BCUT2D eigenvalue weighted by molar-refractivity contribution is 5.78. The summed E-state index contributed by atoms with van der Waals surface area (Å²) in [5, 5.41) is 0. The molecular weight excluding hydrogens is 288 g/mol. The molecule has 0 N–H and O–H groups in total. The number of hydrogen-bond donors (Lipinski definition) is 0. The van der Waals surface area contributed by atoms with Crippen LogP contribution in [0.1, 0.15) is 25.2 Å². The summed E-state index contributed by atoms with van der Waals surface area (Å²) < 4.78 is 0. The van der Waals surface area contributed by atoms with Crippen molar-refractivity contribution in [2.24, 2.45) is 0 Å². The van der Waals surface area contributed by atoms with Crippen molar-refractivity contribution in [3.63, 3.8) is 0 Å². The van der Waals surface area contributed by atoms with Crippen LogP contribution in [0.25, 0.3) is 0 Å². The second-order valence-corrected chi connectivity index (χ2v) is 5.35. The van der Waals surface area contributed by atoms with Gasteiger partial charge in [-0.25, -0.2) is 0 Å². The first kappa shape index (κ1) is 17.1. The van der Waals surface area contributed by atoms with Crippen LogP contribution in [0.3, 0.4) is 0 Å². The number of amides is 1. The molecule has 0 spiro atoms. The number of carbonyl (C=O) groups excluding carboxylic acids is 1. The molecule has 0 bridgehead atoms. The Morgan fingerprint density at radius 1 is 0.913 bits per heavy atom. The van der Waals surface area contributed by atoms with Crippen molar-refractivity contribution in [2.45, 2.75) is 26.9 Å².